The van der Waals surface area contributed by atoms with E-state index in [9.17, 15) is 18.0 Å². The van der Waals surface area contributed by atoms with Gasteiger partial charge in [-0.2, -0.15) is 0 Å². The summed E-state index contributed by atoms with van der Waals surface area (Å²) in [6.07, 6.45) is -3.04. The molecule has 0 radical (unpaired) electrons. The maximum Gasteiger partial charge on any atom is 0.573 e. The van der Waals surface area contributed by atoms with Gasteiger partial charge >= 0.3 is 6.36 Å². The van der Waals surface area contributed by atoms with Crippen LogP contribution in [0.25, 0.3) is 5.52 Å². The molecule has 0 atom stereocenters. The van der Waals surface area contributed by atoms with E-state index in [0.717, 1.165) is 17.6 Å². The fraction of sp³-hybridized carbons (Fsp3) is 0.133. The largest absolute Gasteiger partial charge is 0.573 e. The predicted molar refractivity (Wildman–Crippen MR) is 77.3 cm³/mol. The molecule has 9 heteroatoms. The minimum atomic E-state index is -4.76. The van der Waals surface area contributed by atoms with Crippen LogP contribution in [0, 0.1) is 0 Å². The summed E-state index contributed by atoms with van der Waals surface area (Å²) in [5.74, 6) is -0.825. The van der Waals surface area contributed by atoms with Crippen molar-refractivity contribution in [3.8, 4) is 5.75 Å². The lowest BCUT2D eigenvalue weighted by molar-refractivity contribution is -0.274. The highest BCUT2D eigenvalue weighted by molar-refractivity contribution is 5.94. The van der Waals surface area contributed by atoms with Crippen LogP contribution in [-0.2, 0) is 6.54 Å². The Labute approximate surface area is 133 Å². The topological polar surface area (TPSA) is 68.5 Å². The molecule has 6 nitrogen and oxygen atoms in total. The number of fused-ring (bicyclic) bond motifs is 1. The monoisotopic (exact) mass is 336 g/mol. The average Bonchev–Trinajstić information content (AvgIpc) is 2.95. The van der Waals surface area contributed by atoms with E-state index in [1.807, 2.05) is 12.1 Å². The number of rotatable bonds is 4. The second-order valence-electron chi connectivity index (χ2n) is 4.82. The summed E-state index contributed by atoms with van der Waals surface area (Å²) in [6, 6.07) is 10.1. The van der Waals surface area contributed by atoms with Crippen molar-refractivity contribution in [3.05, 3.63) is 59.9 Å². The zero-order chi connectivity index (χ0) is 17.2. The molecular weight excluding hydrogens is 325 g/mol. The Balaban J connectivity index is 1.65. The molecule has 1 N–H and O–H groups in total. The number of aromatic nitrogens is 3. The smallest absolute Gasteiger partial charge is 0.406 e. The lowest BCUT2D eigenvalue weighted by atomic mass is 10.2. The Kier molecular flexibility index (Phi) is 4.07. The molecule has 0 spiro atoms. The first-order chi connectivity index (χ1) is 11.4. The molecule has 3 rings (SSSR count). The number of carbonyl (C=O) groups is 1. The quantitative estimate of drug-likeness (QED) is 0.795. The third-order valence-electron chi connectivity index (χ3n) is 3.16. The number of carbonyl (C=O) groups excluding carboxylic acids is 1. The molecule has 1 amide bonds. The number of ether oxygens (including phenoxy) is 1. The van der Waals surface area contributed by atoms with E-state index in [1.54, 1.807) is 16.8 Å². The number of nitrogens with zero attached hydrogens (tertiary/aromatic N) is 3. The van der Waals surface area contributed by atoms with Crippen LogP contribution < -0.4 is 10.1 Å². The fourth-order valence-corrected chi connectivity index (χ4v) is 2.09. The van der Waals surface area contributed by atoms with Crippen LogP contribution in [0.3, 0.4) is 0 Å². The van der Waals surface area contributed by atoms with E-state index >= 15 is 0 Å². The van der Waals surface area contributed by atoms with Gasteiger partial charge in [0.05, 0.1) is 12.1 Å². The molecule has 3 aromatic rings. The number of benzene rings is 1. The molecule has 0 aliphatic heterocycles. The van der Waals surface area contributed by atoms with Gasteiger partial charge in [0, 0.05) is 11.8 Å². The summed E-state index contributed by atoms with van der Waals surface area (Å²) in [6.45, 7) is 0.146. The summed E-state index contributed by atoms with van der Waals surface area (Å²) in [4.78, 5) is 12.0. The van der Waals surface area contributed by atoms with E-state index in [0.29, 0.717) is 5.69 Å². The van der Waals surface area contributed by atoms with Crippen LogP contribution in [-0.4, -0.2) is 27.1 Å². The number of hydrogen-bond acceptors (Lipinski definition) is 4. The van der Waals surface area contributed by atoms with Gasteiger partial charge in [0.15, 0.2) is 0 Å². The van der Waals surface area contributed by atoms with Crippen molar-refractivity contribution in [1.29, 1.82) is 0 Å². The van der Waals surface area contributed by atoms with Gasteiger partial charge in [-0.05, 0) is 36.4 Å². The predicted octanol–water partition coefficient (Wildman–Crippen LogP) is 2.56. The molecule has 0 unspecified atom stereocenters. The van der Waals surface area contributed by atoms with Crippen LogP contribution in [0.4, 0.5) is 13.2 Å². The summed E-state index contributed by atoms with van der Waals surface area (Å²) in [7, 11) is 0. The lowest BCUT2D eigenvalue weighted by Crippen LogP contribution is -2.23. The van der Waals surface area contributed by atoms with Crippen molar-refractivity contribution in [2.45, 2.75) is 12.9 Å². The number of halogens is 3. The van der Waals surface area contributed by atoms with Gasteiger partial charge in [0.2, 0.25) is 0 Å². The van der Waals surface area contributed by atoms with Gasteiger partial charge in [-0.15, -0.1) is 18.3 Å². The summed E-state index contributed by atoms with van der Waals surface area (Å²) >= 11 is 0. The Morgan fingerprint density at radius 1 is 1.17 bits per heavy atom. The lowest BCUT2D eigenvalue weighted by Gasteiger charge is -2.09. The number of hydrogen-bond donors (Lipinski definition) is 1. The van der Waals surface area contributed by atoms with Gasteiger partial charge in [-0.25, -0.2) is 4.52 Å². The molecule has 1 aromatic carbocycles. The van der Waals surface area contributed by atoms with Crippen LogP contribution in [0.5, 0.6) is 5.75 Å². The molecule has 0 aliphatic carbocycles. The number of alkyl halides is 3. The van der Waals surface area contributed by atoms with Gasteiger partial charge in [-0.1, -0.05) is 11.3 Å². The first-order valence-corrected chi connectivity index (χ1v) is 6.85. The highest BCUT2D eigenvalue weighted by Gasteiger charge is 2.31. The molecule has 0 saturated carbocycles. The van der Waals surface area contributed by atoms with Crippen molar-refractivity contribution in [2.24, 2.45) is 0 Å². The maximum atomic E-state index is 12.1. The molecule has 24 heavy (non-hydrogen) atoms. The fourth-order valence-electron chi connectivity index (χ4n) is 2.09. The Morgan fingerprint density at radius 3 is 2.62 bits per heavy atom. The third-order valence-corrected chi connectivity index (χ3v) is 3.16. The third kappa shape index (κ3) is 3.62. The molecule has 0 fully saturated rings. The molecule has 0 saturated heterocycles. The van der Waals surface area contributed by atoms with Gasteiger partial charge in [0.1, 0.15) is 11.4 Å². The second-order valence-corrected chi connectivity index (χ2v) is 4.82. The normalized spacial score (nSPS) is 11.5. The molecule has 0 aliphatic rings. The standard InChI is InChI=1S/C15H11F3N4O2/c16-15(17,18)24-11-6-4-10(5-7-11)14(23)19-9-12-13-3-1-2-8-22(13)21-20-12/h1-8H,9H2,(H,19,23). The van der Waals surface area contributed by atoms with Crippen molar-refractivity contribution >= 4 is 11.4 Å². The Hall–Kier alpha value is -3.10. The number of pyridine rings is 1. The van der Waals surface area contributed by atoms with Gasteiger partial charge in [0.25, 0.3) is 5.91 Å². The molecular formula is C15H11F3N4O2. The molecule has 2 aromatic heterocycles. The highest BCUT2D eigenvalue weighted by atomic mass is 19.4. The minimum absolute atomic E-state index is 0.146. The SMILES string of the molecule is O=C(NCc1nnn2ccccc12)c1ccc(OC(F)(F)F)cc1. The van der Waals surface area contributed by atoms with E-state index in [4.69, 9.17) is 0 Å². The number of amides is 1. The van der Waals surface area contributed by atoms with Crippen molar-refractivity contribution < 1.29 is 22.7 Å². The summed E-state index contributed by atoms with van der Waals surface area (Å²) in [5, 5.41) is 10.5. The maximum absolute atomic E-state index is 12.1. The van der Waals surface area contributed by atoms with Crippen molar-refractivity contribution in [2.75, 3.05) is 0 Å². The van der Waals surface area contributed by atoms with Gasteiger partial charge < -0.3 is 10.1 Å². The van der Waals surface area contributed by atoms with Crippen molar-refractivity contribution in [3.63, 3.8) is 0 Å². The van der Waals surface area contributed by atoms with E-state index in [2.05, 4.69) is 20.4 Å². The van der Waals surface area contributed by atoms with Crippen LogP contribution >= 0.6 is 0 Å². The zero-order valence-corrected chi connectivity index (χ0v) is 12.1. The highest BCUT2D eigenvalue weighted by Crippen LogP contribution is 2.22. The van der Waals surface area contributed by atoms with Crippen LogP contribution in [0.2, 0.25) is 0 Å². The molecule has 124 valence electrons. The van der Waals surface area contributed by atoms with Crippen LogP contribution in [0.1, 0.15) is 16.1 Å². The summed E-state index contributed by atoms with van der Waals surface area (Å²) in [5.41, 5.74) is 1.55. The van der Waals surface area contributed by atoms with E-state index in [-0.39, 0.29) is 17.9 Å². The molecule has 0 bridgehead atoms. The average molecular weight is 336 g/mol. The Morgan fingerprint density at radius 2 is 1.92 bits per heavy atom. The Bertz CT molecular complexity index is 859. The van der Waals surface area contributed by atoms with E-state index in [1.165, 1.54) is 12.1 Å². The van der Waals surface area contributed by atoms with Gasteiger partial charge in [-0.3, -0.25) is 4.79 Å². The van der Waals surface area contributed by atoms with E-state index < -0.39 is 12.3 Å². The first-order valence-electron chi connectivity index (χ1n) is 6.85. The van der Waals surface area contributed by atoms with Crippen LogP contribution in [0.15, 0.2) is 48.7 Å². The van der Waals surface area contributed by atoms with Crippen molar-refractivity contribution in [1.82, 2.24) is 20.1 Å². The first kappa shape index (κ1) is 15.8. The summed E-state index contributed by atoms with van der Waals surface area (Å²) < 4.78 is 41.6. The second kappa shape index (κ2) is 6.19. The zero-order valence-electron chi connectivity index (χ0n) is 12.1. The molecule has 2 heterocycles. The number of nitrogens with one attached hydrogen (secondary N) is 1. The minimum Gasteiger partial charge on any atom is -0.406 e.